The van der Waals surface area contributed by atoms with Crippen molar-refractivity contribution in [3.8, 4) is 0 Å². The maximum atomic E-state index is 4.10. The Balaban J connectivity index is 0.000000980. The zero-order valence-electron chi connectivity index (χ0n) is 7.98. The number of rotatable bonds is 3. The van der Waals surface area contributed by atoms with Crippen LogP contribution in [0.1, 0.15) is 12.0 Å². The lowest BCUT2D eigenvalue weighted by Gasteiger charge is -2.06. The zero-order valence-corrected chi connectivity index (χ0v) is 9.61. The van der Waals surface area contributed by atoms with Crippen LogP contribution in [0.3, 0.4) is 0 Å². The van der Waals surface area contributed by atoms with E-state index in [1.54, 1.807) is 0 Å². The number of pyridine rings is 1. The molecule has 0 saturated carbocycles. The van der Waals surface area contributed by atoms with Crippen LogP contribution in [0.5, 0.6) is 0 Å². The van der Waals surface area contributed by atoms with Crippen LogP contribution in [0.2, 0.25) is 0 Å². The van der Waals surface area contributed by atoms with E-state index >= 15 is 0 Å². The fourth-order valence-electron chi connectivity index (χ4n) is 1.47. The Morgan fingerprint density at radius 2 is 2.50 bits per heavy atom. The Morgan fingerprint density at radius 1 is 1.57 bits per heavy atom. The van der Waals surface area contributed by atoms with Gasteiger partial charge in [0.2, 0.25) is 0 Å². The quantitative estimate of drug-likeness (QED) is 0.861. The molecule has 1 aromatic rings. The minimum Gasteiger partial charge on any atom is -0.316 e. The maximum Gasteiger partial charge on any atom is 0.0308 e. The van der Waals surface area contributed by atoms with Gasteiger partial charge in [0.25, 0.3) is 0 Å². The molecule has 0 unspecified atom stereocenters. The van der Waals surface area contributed by atoms with Crippen LogP contribution in [0.15, 0.2) is 24.5 Å². The van der Waals surface area contributed by atoms with Gasteiger partial charge in [-0.2, -0.15) is 11.8 Å². The minimum absolute atomic E-state index is 0. The largest absolute Gasteiger partial charge is 0.316 e. The molecule has 0 amide bonds. The fraction of sp³-hybridized carbons (Fsp3) is 0.500. The van der Waals surface area contributed by atoms with E-state index in [4.69, 9.17) is 0 Å². The molecular weight excluding hydrogens is 216 g/mol. The number of halogens is 1. The number of nitrogens with zero attached hydrogens (tertiary/aromatic N) is 1. The standard InChI is InChI=1S/C10H14N2S.ClH/c1-2-9(6-11-4-1)8-13-10-3-5-12-7-10;/h1-2,4,6,10,12H,3,5,7-8H2;1H/t10-;/m0./s1. The molecule has 2 rings (SSSR count). The lowest BCUT2D eigenvalue weighted by atomic mass is 10.3. The van der Waals surface area contributed by atoms with E-state index in [-0.39, 0.29) is 12.4 Å². The molecule has 0 radical (unpaired) electrons. The van der Waals surface area contributed by atoms with Gasteiger partial charge in [-0.05, 0) is 24.6 Å². The molecule has 1 saturated heterocycles. The Bertz CT molecular complexity index is 250. The average Bonchev–Trinajstić information content (AvgIpc) is 2.69. The van der Waals surface area contributed by atoms with Gasteiger partial charge in [0, 0.05) is 29.9 Å². The van der Waals surface area contributed by atoms with Crippen LogP contribution in [-0.4, -0.2) is 23.3 Å². The molecule has 4 heteroatoms. The first-order valence-electron chi connectivity index (χ1n) is 4.66. The monoisotopic (exact) mass is 230 g/mol. The summed E-state index contributed by atoms with van der Waals surface area (Å²) in [6, 6.07) is 4.14. The highest BCUT2D eigenvalue weighted by atomic mass is 35.5. The molecule has 2 nitrogen and oxygen atoms in total. The molecule has 78 valence electrons. The summed E-state index contributed by atoms with van der Waals surface area (Å²) in [7, 11) is 0. The number of nitrogens with one attached hydrogen (secondary N) is 1. The second-order valence-electron chi connectivity index (χ2n) is 3.29. The Labute approximate surface area is 95.3 Å². The Hall–Kier alpha value is -0.250. The van der Waals surface area contributed by atoms with Gasteiger partial charge in [0.1, 0.15) is 0 Å². The third kappa shape index (κ3) is 3.48. The van der Waals surface area contributed by atoms with E-state index in [1.165, 1.54) is 25.1 Å². The molecule has 1 aliphatic heterocycles. The van der Waals surface area contributed by atoms with E-state index in [0.717, 1.165) is 11.0 Å². The molecule has 0 aromatic carbocycles. The van der Waals surface area contributed by atoms with E-state index in [2.05, 4.69) is 16.4 Å². The molecule has 1 aliphatic rings. The summed E-state index contributed by atoms with van der Waals surface area (Å²) >= 11 is 2.03. The van der Waals surface area contributed by atoms with Gasteiger partial charge in [-0.15, -0.1) is 12.4 Å². The normalized spacial score (nSPS) is 20.4. The third-order valence-electron chi connectivity index (χ3n) is 2.22. The molecule has 1 aromatic heterocycles. The molecule has 2 heterocycles. The zero-order chi connectivity index (χ0) is 8.93. The maximum absolute atomic E-state index is 4.10. The first-order valence-corrected chi connectivity index (χ1v) is 5.71. The molecule has 1 fully saturated rings. The van der Waals surface area contributed by atoms with E-state index < -0.39 is 0 Å². The predicted octanol–water partition coefficient (Wildman–Crippen LogP) is 2.10. The van der Waals surface area contributed by atoms with Gasteiger partial charge in [-0.25, -0.2) is 0 Å². The van der Waals surface area contributed by atoms with Crippen molar-refractivity contribution in [3.63, 3.8) is 0 Å². The molecule has 0 spiro atoms. The minimum atomic E-state index is 0. The van der Waals surface area contributed by atoms with Crippen LogP contribution >= 0.6 is 24.2 Å². The summed E-state index contributed by atoms with van der Waals surface area (Å²) < 4.78 is 0. The summed E-state index contributed by atoms with van der Waals surface area (Å²) in [5.74, 6) is 1.10. The van der Waals surface area contributed by atoms with Crippen molar-refractivity contribution in [3.05, 3.63) is 30.1 Å². The predicted molar refractivity (Wildman–Crippen MR) is 64.1 cm³/mol. The van der Waals surface area contributed by atoms with Crippen molar-refractivity contribution >= 4 is 24.2 Å². The highest BCUT2D eigenvalue weighted by Crippen LogP contribution is 2.21. The van der Waals surface area contributed by atoms with Gasteiger partial charge in [0.05, 0.1) is 0 Å². The van der Waals surface area contributed by atoms with Crippen molar-refractivity contribution in [2.24, 2.45) is 0 Å². The van der Waals surface area contributed by atoms with Crippen molar-refractivity contribution in [1.82, 2.24) is 10.3 Å². The van der Waals surface area contributed by atoms with Gasteiger partial charge in [-0.1, -0.05) is 6.07 Å². The van der Waals surface area contributed by atoms with Crippen LogP contribution in [0.4, 0.5) is 0 Å². The lowest BCUT2D eigenvalue weighted by molar-refractivity contribution is 0.858. The fourth-order valence-corrected chi connectivity index (χ4v) is 2.59. The molecule has 0 aliphatic carbocycles. The number of thioether (sulfide) groups is 1. The molecule has 0 bridgehead atoms. The van der Waals surface area contributed by atoms with Gasteiger partial charge in [-0.3, -0.25) is 4.98 Å². The number of hydrogen-bond donors (Lipinski definition) is 1. The van der Waals surface area contributed by atoms with Crippen LogP contribution in [0.25, 0.3) is 0 Å². The highest BCUT2D eigenvalue weighted by molar-refractivity contribution is 7.99. The van der Waals surface area contributed by atoms with Crippen LogP contribution in [-0.2, 0) is 5.75 Å². The van der Waals surface area contributed by atoms with Crippen LogP contribution in [0, 0.1) is 0 Å². The van der Waals surface area contributed by atoms with Crippen LogP contribution < -0.4 is 5.32 Å². The van der Waals surface area contributed by atoms with Gasteiger partial charge < -0.3 is 5.32 Å². The smallest absolute Gasteiger partial charge is 0.0308 e. The van der Waals surface area contributed by atoms with E-state index in [0.29, 0.717) is 0 Å². The van der Waals surface area contributed by atoms with Crippen molar-refractivity contribution < 1.29 is 0 Å². The summed E-state index contributed by atoms with van der Waals surface area (Å²) in [6.45, 7) is 2.36. The third-order valence-corrected chi connectivity index (χ3v) is 3.60. The van der Waals surface area contributed by atoms with Crippen molar-refractivity contribution in [1.29, 1.82) is 0 Å². The van der Waals surface area contributed by atoms with E-state index in [1.807, 2.05) is 30.2 Å². The second kappa shape index (κ2) is 6.27. The molecule has 1 atom stereocenters. The molecular formula is C10H15ClN2S. The SMILES string of the molecule is Cl.c1cncc(CS[C@H]2CCNC2)c1. The molecule has 14 heavy (non-hydrogen) atoms. The Morgan fingerprint density at radius 3 is 3.14 bits per heavy atom. The summed E-state index contributed by atoms with van der Waals surface area (Å²) in [5.41, 5.74) is 1.33. The highest BCUT2D eigenvalue weighted by Gasteiger charge is 2.14. The number of hydrogen-bond acceptors (Lipinski definition) is 3. The van der Waals surface area contributed by atoms with Crippen molar-refractivity contribution in [2.45, 2.75) is 17.4 Å². The number of aromatic nitrogens is 1. The lowest BCUT2D eigenvalue weighted by Crippen LogP contribution is -2.10. The van der Waals surface area contributed by atoms with Crippen molar-refractivity contribution in [2.75, 3.05) is 13.1 Å². The summed E-state index contributed by atoms with van der Waals surface area (Å²) in [5, 5.41) is 4.18. The van der Waals surface area contributed by atoms with Gasteiger partial charge >= 0.3 is 0 Å². The molecule has 1 N–H and O–H groups in total. The summed E-state index contributed by atoms with van der Waals surface area (Å²) in [6.07, 6.45) is 5.09. The van der Waals surface area contributed by atoms with Gasteiger partial charge in [0.15, 0.2) is 0 Å². The second-order valence-corrected chi connectivity index (χ2v) is 4.58. The summed E-state index contributed by atoms with van der Waals surface area (Å²) in [4.78, 5) is 4.10. The average molecular weight is 231 g/mol. The topological polar surface area (TPSA) is 24.9 Å². The first-order chi connectivity index (χ1) is 6.45. The van der Waals surface area contributed by atoms with E-state index in [9.17, 15) is 0 Å². The first kappa shape index (κ1) is 11.8. The Kier molecular flexibility index (Phi) is 5.30.